The highest BCUT2D eigenvalue weighted by Crippen LogP contribution is 2.44. The maximum absolute atomic E-state index is 5.64. The van der Waals surface area contributed by atoms with Crippen LogP contribution in [-0.2, 0) is 0 Å². The molecule has 0 aromatic heterocycles. The Hall–Kier alpha value is -1.26. The van der Waals surface area contributed by atoms with Gasteiger partial charge in [0.25, 0.3) is 0 Å². The Balaban J connectivity index is 2.60. The SMILES string of the molecule is COc1c2ccc(Br)cc2c(OC)c2ccc(Br)cc12. The third-order valence-electron chi connectivity index (χ3n) is 3.35. The summed E-state index contributed by atoms with van der Waals surface area (Å²) in [5, 5.41) is 4.15. The molecule has 0 N–H and O–H groups in total. The van der Waals surface area contributed by atoms with Crippen LogP contribution >= 0.6 is 31.9 Å². The van der Waals surface area contributed by atoms with Gasteiger partial charge in [-0.25, -0.2) is 0 Å². The minimum Gasteiger partial charge on any atom is -0.495 e. The fourth-order valence-corrected chi connectivity index (χ4v) is 3.26. The zero-order chi connectivity index (χ0) is 14.3. The van der Waals surface area contributed by atoms with E-state index in [1.165, 1.54) is 0 Å². The topological polar surface area (TPSA) is 18.5 Å². The molecule has 0 atom stereocenters. The number of methoxy groups -OCH3 is 2. The van der Waals surface area contributed by atoms with Crippen molar-refractivity contribution in [2.24, 2.45) is 0 Å². The molecule has 0 amide bonds. The molecule has 3 aromatic carbocycles. The fraction of sp³-hybridized carbons (Fsp3) is 0.125. The molecule has 0 aliphatic heterocycles. The number of hydrogen-bond donors (Lipinski definition) is 0. The van der Waals surface area contributed by atoms with Crippen molar-refractivity contribution in [2.75, 3.05) is 14.2 Å². The summed E-state index contributed by atoms with van der Waals surface area (Å²) in [5.74, 6) is 1.73. The van der Waals surface area contributed by atoms with Crippen molar-refractivity contribution in [3.8, 4) is 11.5 Å². The molecule has 0 aliphatic rings. The van der Waals surface area contributed by atoms with Crippen LogP contribution in [0.15, 0.2) is 45.3 Å². The Morgan fingerprint density at radius 2 is 1.05 bits per heavy atom. The normalized spacial score (nSPS) is 11.0. The highest BCUT2D eigenvalue weighted by Gasteiger charge is 2.15. The molecule has 0 saturated carbocycles. The lowest BCUT2D eigenvalue weighted by molar-refractivity contribution is 0.417. The molecule has 0 saturated heterocycles. The van der Waals surface area contributed by atoms with Gasteiger partial charge in [0.1, 0.15) is 11.5 Å². The lowest BCUT2D eigenvalue weighted by Gasteiger charge is -2.15. The minimum atomic E-state index is 0.865. The van der Waals surface area contributed by atoms with Gasteiger partial charge in [-0.2, -0.15) is 0 Å². The van der Waals surface area contributed by atoms with Gasteiger partial charge in [0.2, 0.25) is 0 Å². The second-order valence-corrected chi connectivity index (χ2v) is 6.28. The first kappa shape index (κ1) is 13.7. The largest absolute Gasteiger partial charge is 0.495 e. The summed E-state index contributed by atoms with van der Waals surface area (Å²) < 4.78 is 13.3. The monoisotopic (exact) mass is 394 g/mol. The molecule has 0 spiro atoms. The first-order valence-electron chi connectivity index (χ1n) is 6.08. The molecule has 0 bridgehead atoms. The highest BCUT2D eigenvalue weighted by atomic mass is 79.9. The van der Waals surface area contributed by atoms with Crippen molar-refractivity contribution < 1.29 is 9.47 Å². The van der Waals surface area contributed by atoms with Crippen molar-refractivity contribution in [2.45, 2.75) is 0 Å². The summed E-state index contributed by atoms with van der Waals surface area (Å²) in [7, 11) is 3.40. The molecule has 2 nitrogen and oxygen atoms in total. The molecule has 102 valence electrons. The van der Waals surface area contributed by atoms with E-state index in [0.29, 0.717) is 0 Å². The summed E-state index contributed by atoms with van der Waals surface area (Å²) in [4.78, 5) is 0. The van der Waals surface area contributed by atoms with Crippen LogP contribution < -0.4 is 9.47 Å². The standard InChI is InChI=1S/C16H12Br2O2/c1-19-15-11-5-3-10(18)8-14(11)16(20-2)12-6-4-9(17)7-13(12)15/h3-8H,1-2H3. The van der Waals surface area contributed by atoms with E-state index in [-0.39, 0.29) is 0 Å². The Morgan fingerprint density at radius 1 is 0.650 bits per heavy atom. The Bertz CT molecular complexity index is 743. The van der Waals surface area contributed by atoms with Crippen LogP contribution in [0.3, 0.4) is 0 Å². The molecule has 3 aromatic rings. The molecule has 0 aliphatic carbocycles. The molecule has 20 heavy (non-hydrogen) atoms. The Labute approximate surface area is 133 Å². The number of fused-ring (bicyclic) bond motifs is 2. The second-order valence-electron chi connectivity index (χ2n) is 4.45. The Kier molecular flexibility index (Phi) is 3.61. The van der Waals surface area contributed by atoms with Crippen LogP contribution in [0.4, 0.5) is 0 Å². The quantitative estimate of drug-likeness (QED) is 0.530. The third kappa shape index (κ3) is 2.07. The van der Waals surface area contributed by atoms with E-state index in [2.05, 4.69) is 44.0 Å². The summed E-state index contributed by atoms with van der Waals surface area (Å²) in [6.07, 6.45) is 0. The van der Waals surface area contributed by atoms with Crippen LogP contribution in [0.2, 0.25) is 0 Å². The van der Waals surface area contributed by atoms with E-state index >= 15 is 0 Å². The van der Waals surface area contributed by atoms with Gasteiger partial charge in [0.05, 0.1) is 14.2 Å². The first-order chi connectivity index (χ1) is 9.65. The van der Waals surface area contributed by atoms with Gasteiger partial charge < -0.3 is 9.47 Å². The highest BCUT2D eigenvalue weighted by molar-refractivity contribution is 9.10. The average molecular weight is 396 g/mol. The average Bonchev–Trinajstić information content (AvgIpc) is 2.44. The van der Waals surface area contributed by atoms with Crippen molar-refractivity contribution >= 4 is 53.4 Å². The van der Waals surface area contributed by atoms with Crippen LogP contribution in [-0.4, -0.2) is 14.2 Å². The Morgan fingerprint density at radius 3 is 1.40 bits per heavy atom. The van der Waals surface area contributed by atoms with Gasteiger partial charge in [0, 0.05) is 30.5 Å². The van der Waals surface area contributed by atoms with Gasteiger partial charge in [-0.05, 0) is 36.4 Å². The lowest BCUT2D eigenvalue weighted by atomic mass is 10.0. The smallest absolute Gasteiger partial charge is 0.134 e. The summed E-state index contributed by atoms with van der Waals surface area (Å²) in [6, 6.07) is 12.2. The zero-order valence-corrected chi connectivity index (χ0v) is 14.2. The molecular weight excluding hydrogens is 384 g/mol. The van der Waals surface area contributed by atoms with Crippen LogP contribution in [0.1, 0.15) is 0 Å². The van der Waals surface area contributed by atoms with E-state index in [1.807, 2.05) is 24.3 Å². The lowest BCUT2D eigenvalue weighted by Crippen LogP contribution is -1.93. The summed E-state index contributed by atoms with van der Waals surface area (Å²) >= 11 is 7.03. The van der Waals surface area contributed by atoms with Crippen molar-refractivity contribution in [3.63, 3.8) is 0 Å². The number of rotatable bonds is 2. The third-order valence-corrected chi connectivity index (χ3v) is 4.34. The van der Waals surface area contributed by atoms with Crippen LogP contribution in [0, 0.1) is 0 Å². The van der Waals surface area contributed by atoms with E-state index in [1.54, 1.807) is 14.2 Å². The summed E-state index contributed by atoms with van der Waals surface area (Å²) in [6.45, 7) is 0. The number of ether oxygens (including phenoxy) is 2. The van der Waals surface area contributed by atoms with E-state index in [4.69, 9.17) is 9.47 Å². The predicted octanol–water partition coefficient (Wildman–Crippen LogP) is 5.54. The number of halogens is 2. The van der Waals surface area contributed by atoms with E-state index in [9.17, 15) is 0 Å². The molecule has 3 rings (SSSR count). The van der Waals surface area contributed by atoms with Crippen LogP contribution in [0.5, 0.6) is 11.5 Å². The van der Waals surface area contributed by atoms with Gasteiger partial charge in [-0.3, -0.25) is 0 Å². The van der Waals surface area contributed by atoms with Gasteiger partial charge >= 0.3 is 0 Å². The first-order valence-corrected chi connectivity index (χ1v) is 7.66. The second kappa shape index (κ2) is 5.26. The van der Waals surface area contributed by atoms with Crippen molar-refractivity contribution in [3.05, 3.63) is 45.3 Å². The van der Waals surface area contributed by atoms with Gasteiger partial charge in [-0.15, -0.1) is 0 Å². The van der Waals surface area contributed by atoms with Crippen molar-refractivity contribution in [1.29, 1.82) is 0 Å². The molecule has 0 unspecified atom stereocenters. The number of benzene rings is 3. The molecule has 0 heterocycles. The van der Waals surface area contributed by atoms with E-state index in [0.717, 1.165) is 42.0 Å². The fourth-order valence-electron chi connectivity index (χ4n) is 2.53. The van der Waals surface area contributed by atoms with Crippen LogP contribution in [0.25, 0.3) is 21.5 Å². The summed E-state index contributed by atoms with van der Waals surface area (Å²) in [5.41, 5.74) is 0. The predicted molar refractivity (Wildman–Crippen MR) is 90.0 cm³/mol. The maximum Gasteiger partial charge on any atom is 0.134 e. The van der Waals surface area contributed by atoms with Gasteiger partial charge in [0.15, 0.2) is 0 Å². The maximum atomic E-state index is 5.64. The van der Waals surface area contributed by atoms with Gasteiger partial charge in [-0.1, -0.05) is 31.9 Å². The molecule has 4 heteroatoms. The molecular formula is C16H12Br2O2. The van der Waals surface area contributed by atoms with Crippen molar-refractivity contribution in [1.82, 2.24) is 0 Å². The van der Waals surface area contributed by atoms with E-state index < -0.39 is 0 Å². The molecule has 0 fully saturated rings. The minimum absolute atomic E-state index is 0.865. The molecule has 0 radical (unpaired) electrons. The zero-order valence-electron chi connectivity index (χ0n) is 11.0. The number of hydrogen-bond acceptors (Lipinski definition) is 2.